The van der Waals surface area contributed by atoms with Crippen LogP contribution in [0, 0.1) is 18.3 Å². The molecule has 10 heteroatoms. The lowest BCUT2D eigenvalue weighted by Gasteiger charge is -2.27. The van der Waals surface area contributed by atoms with Gasteiger partial charge in [0.1, 0.15) is 5.75 Å². The number of rotatable bonds is 9. The predicted octanol–water partition coefficient (Wildman–Crippen LogP) is 4.39. The highest BCUT2D eigenvalue weighted by molar-refractivity contribution is 6.08. The van der Waals surface area contributed by atoms with Crippen LogP contribution in [0.4, 0.5) is 5.69 Å². The van der Waals surface area contributed by atoms with Crippen molar-refractivity contribution in [3.05, 3.63) is 89.1 Å². The van der Waals surface area contributed by atoms with Crippen LogP contribution in [0.5, 0.6) is 5.75 Å². The molecule has 10 nitrogen and oxygen atoms in total. The number of esters is 2. The SMILES string of the molecule is CCOC(=O)C(O)(C(=O)OCC)c1c(C)c2cc(OC)ccc2n1-c1cc(C#N)ccc1NC(=O)c1ccccc1. The topological polar surface area (TPSA) is 140 Å². The molecule has 41 heavy (non-hydrogen) atoms. The third-order valence-corrected chi connectivity index (χ3v) is 6.56. The summed E-state index contributed by atoms with van der Waals surface area (Å²) in [6.45, 7) is 4.49. The van der Waals surface area contributed by atoms with E-state index < -0.39 is 23.4 Å². The maximum Gasteiger partial charge on any atom is 0.356 e. The minimum absolute atomic E-state index is 0.115. The Morgan fingerprint density at radius 1 is 0.976 bits per heavy atom. The number of carbonyl (C=O) groups is 3. The molecule has 0 fully saturated rings. The van der Waals surface area contributed by atoms with Gasteiger partial charge in [-0.1, -0.05) is 18.2 Å². The average Bonchev–Trinajstić information content (AvgIpc) is 3.28. The molecule has 0 saturated carbocycles. The molecule has 1 aromatic heterocycles. The molecule has 4 rings (SSSR count). The van der Waals surface area contributed by atoms with Gasteiger partial charge in [-0.15, -0.1) is 0 Å². The molecule has 1 heterocycles. The van der Waals surface area contributed by atoms with Crippen LogP contribution >= 0.6 is 0 Å². The van der Waals surface area contributed by atoms with Crippen molar-refractivity contribution in [1.29, 1.82) is 5.26 Å². The Morgan fingerprint density at radius 2 is 1.63 bits per heavy atom. The summed E-state index contributed by atoms with van der Waals surface area (Å²) in [5, 5.41) is 25.1. The molecule has 0 radical (unpaired) electrons. The number of aryl methyl sites for hydroxylation is 1. The number of aliphatic hydroxyl groups is 1. The number of amides is 1. The van der Waals surface area contributed by atoms with Gasteiger partial charge < -0.3 is 29.2 Å². The Morgan fingerprint density at radius 3 is 2.22 bits per heavy atom. The molecule has 0 aliphatic carbocycles. The third-order valence-electron chi connectivity index (χ3n) is 6.56. The summed E-state index contributed by atoms with van der Waals surface area (Å²) < 4.78 is 17.2. The molecule has 0 atom stereocenters. The van der Waals surface area contributed by atoms with Gasteiger partial charge in [0.15, 0.2) is 0 Å². The molecular weight excluding hydrogens is 526 g/mol. The average molecular weight is 556 g/mol. The lowest BCUT2D eigenvalue weighted by atomic mass is 9.95. The number of ether oxygens (including phenoxy) is 3. The minimum Gasteiger partial charge on any atom is -0.497 e. The van der Waals surface area contributed by atoms with Crippen LogP contribution in [0.1, 0.15) is 41.0 Å². The highest BCUT2D eigenvalue weighted by Crippen LogP contribution is 2.40. The summed E-state index contributed by atoms with van der Waals surface area (Å²) >= 11 is 0. The Bertz CT molecular complexity index is 1650. The van der Waals surface area contributed by atoms with Gasteiger partial charge in [0.2, 0.25) is 0 Å². The highest BCUT2D eigenvalue weighted by atomic mass is 16.6. The van der Waals surface area contributed by atoms with E-state index in [9.17, 15) is 24.8 Å². The molecule has 3 aromatic carbocycles. The fraction of sp³-hybridized carbons (Fsp3) is 0.226. The highest BCUT2D eigenvalue weighted by Gasteiger charge is 2.53. The van der Waals surface area contributed by atoms with Crippen LogP contribution < -0.4 is 10.1 Å². The number of nitrogens with one attached hydrogen (secondary N) is 1. The van der Waals surface area contributed by atoms with E-state index in [1.54, 1.807) is 69.3 Å². The van der Waals surface area contributed by atoms with E-state index in [1.807, 2.05) is 0 Å². The van der Waals surface area contributed by atoms with E-state index in [0.29, 0.717) is 27.8 Å². The lowest BCUT2D eigenvalue weighted by Crippen LogP contribution is -2.48. The van der Waals surface area contributed by atoms with Crippen molar-refractivity contribution in [1.82, 2.24) is 4.57 Å². The van der Waals surface area contributed by atoms with E-state index in [2.05, 4.69) is 11.4 Å². The number of methoxy groups -OCH3 is 1. The zero-order valence-corrected chi connectivity index (χ0v) is 23.1. The van der Waals surface area contributed by atoms with Crippen molar-refractivity contribution < 1.29 is 33.7 Å². The largest absolute Gasteiger partial charge is 0.497 e. The lowest BCUT2D eigenvalue weighted by molar-refractivity contribution is -0.185. The Labute approximate surface area is 236 Å². The second-order valence-electron chi connectivity index (χ2n) is 9.01. The normalized spacial score (nSPS) is 11.0. The van der Waals surface area contributed by atoms with Crippen molar-refractivity contribution in [2.24, 2.45) is 0 Å². The molecule has 0 bridgehead atoms. The molecule has 0 saturated heterocycles. The van der Waals surface area contributed by atoms with Gasteiger partial charge in [0.25, 0.3) is 5.91 Å². The first-order valence-electron chi connectivity index (χ1n) is 12.9. The number of fused-ring (bicyclic) bond motifs is 1. The molecule has 4 aromatic rings. The second kappa shape index (κ2) is 11.9. The van der Waals surface area contributed by atoms with Gasteiger partial charge in [0, 0.05) is 10.9 Å². The van der Waals surface area contributed by atoms with E-state index in [4.69, 9.17) is 14.2 Å². The van der Waals surface area contributed by atoms with Gasteiger partial charge in [-0.2, -0.15) is 5.26 Å². The van der Waals surface area contributed by atoms with Gasteiger partial charge >= 0.3 is 17.5 Å². The van der Waals surface area contributed by atoms with Crippen molar-refractivity contribution in [2.75, 3.05) is 25.6 Å². The van der Waals surface area contributed by atoms with Crippen LogP contribution in [0.3, 0.4) is 0 Å². The first-order chi connectivity index (χ1) is 19.7. The van der Waals surface area contributed by atoms with Gasteiger partial charge in [0.05, 0.1) is 54.5 Å². The Balaban J connectivity index is 2.10. The fourth-order valence-corrected chi connectivity index (χ4v) is 4.66. The van der Waals surface area contributed by atoms with Gasteiger partial charge in [-0.05, 0) is 74.9 Å². The summed E-state index contributed by atoms with van der Waals surface area (Å²) in [7, 11) is 1.50. The van der Waals surface area contributed by atoms with Gasteiger partial charge in [-0.25, -0.2) is 9.59 Å². The molecule has 210 valence electrons. The monoisotopic (exact) mass is 555 g/mol. The quantitative estimate of drug-likeness (QED) is 0.229. The van der Waals surface area contributed by atoms with E-state index in [1.165, 1.54) is 29.9 Å². The van der Waals surface area contributed by atoms with Crippen molar-refractivity contribution in [2.45, 2.75) is 26.4 Å². The standard InChI is InChI=1S/C31H29N3O7/c1-5-40-29(36)31(38,30(37)41-6-2)27-19(3)23-17-22(39-4)13-15-25(23)34(27)26-16-20(18-32)12-14-24(26)33-28(35)21-10-8-7-9-11-21/h7-17,38H,5-6H2,1-4H3,(H,33,35). The molecule has 0 aliphatic rings. The maximum absolute atomic E-state index is 13.4. The summed E-state index contributed by atoms with van der Waals surface area (Å²) in [5.74, 6) is -2.41. The van der Waals surface area contributed by atoms with Crippen molar-refractivity contribution in [3.8, 4) is 17.5 Å². The van der Waals surface area contributed by atoms with Crippen LogP contribution in [0.2, 0.25) is 0 Å². The zero-order valence-electron chi connectivity index (χ0n) is 23.1. The number of hydrogen-bond donors (Lipinski definition) is 2. The minimum atomic E-state index is -2.90. The van der Waals surface area contributed by atoms with Crippen LogP contribution in [0.15, 0.2) is 66.7 Å². The van der Waals surface area contributed by atoms with Crippen LogP contribution in [0.25, 0.3) is 16.6 Å². The smallest absolute Gasteiger partial charge is 0.356 e. The fourth-order valence-electron chi connectivity index (χ4n) is 4.66. The van der Waals surface area contributed by atoms with Crippen LogP contribution in [-0.4, -0.2) is 47.8 Å². The van der Waals surface area contributed by atoms with E-state index in [-0.39, 0.29) is 35.8 Å². The zero-order chi connectivity index (χ0) is 29.7. The van der Waals surface area contributed by atoms with E-state index in [0.717, 1.165) is 0 Å². The first kappa shape index (κ1) is 28.9. The van der Waals surface area contributed by atoms with Crippen molar-refractivity contribution >= 4 is 34.4 Å². The Kier molecular flexibility index (Phi) is 8.40. The summed E-state index contributed by atoms with van der Waals surface area (Å²) in [4.78, 5) is 39.9. The predicted molar refractivity (Wildman–Crippen MR) is 151 cm³/mol. The van der Waals surface area contributed by atoms with Crippen LogP contribution in [-0.2, 0) is 24.7 Å². The first-order valence-corrected chi connectivity index (χ1v) is 12.9. The summed E-state index contributed by atoms with van der Waals surface area (Å²) in [6, 6.07) is 20.2. The van der Waals surface area contributed by atoms with E-state index >= 15 is 0 Å². The number of anilines is 1. The second-order valence-corrected chi connectivity index (χ2v) is 9.01. The summed E-state index contributed by atoms with van der Waals surface area (Å²) in [6.07, 6.45) is 0. The number of benzene rings is 3. The number of nitriles is 1. The summed E-state index contributed by atoms with van der Waals surface area (Å²) in [5.41, 5.74) is -1.17. The van der Waals surface area contributed by atoms with Crippen molar-refractivity contribution in [3.63, 3.8) is 0 Å². The molecular formula is C31H29N3O7. The molecule has 2 N–H and O–H groups in total. The molecule has 1 amide bonds. The number of carbonyl (C=O) groups excluding carboxylic acids is 3. The molecule has 0 aliphatic heterocycles. The third kappa shape index (κ3) is 5.23. The van der Waals surface area contributed by atoms with Gasteiger partial charge in [-0.3, -0.25) is 4.79 Å². The molecule has 0 unspecified atom stereocenters. The molecule has 0 spiro atoms. The Hall–Kier alpha value is -5.14. The maximum atomic E-state index is 13.4. The number of aromatic nitrogens is 1. The number of hydrogen-bond acceptors (Lipinski definition) is 8. The number of nitrogens with zero attached hydrogens (tertiary/aromatic N) is 2.